The van der Waals surface area contributed by atoms with Gasteiger partial charge in [-0.1, -0.05) is 18.2 Å². The third-order valence-corrected chi connectivity index (χ3v) is 4.10. The second-order valence-corrected chi connectivity index (χ2v) is 5.54. The summed E-state index contributed by atoms with van der Waals surface area (Å²) >= 11 is 1.80. The van der Waals surface area contributed by atoms with Gasteiger partial charge in [0, 0.05) is 23.7 Å². The number of anilines is 1. The van der Waals surface area contributed by atoms with E-state index < -0.39 is 0 Å². The molecule has 0 radical (unpaired) electrons. The summed E-state index contributed by atoms with van der Waals surface area (Å²) in [5.41, 5.74) is 9.73. The van der Waals surface area contributed by atoms with Crippen LogP contribution in [0.25, 0.3) is 0 Å². The number of hydrogen-bond donors (Lipinski definition) is 1. The number of thiophene rings is 1. The number of aryl methyl sites for hydroxylation is 1. The number of rotatable bonds is 5. The van der Waals surface area contributed by atoms with Crippen LogP contribution in [0.5, 0.6) is 0 Å². The molecule has 1 heterocycles. The highest BCUT2D eigenvalue weighted by molar-refractivity contribution is 7.09. The molecule has 0 fully saturated rings. The molecule has 0 saturated carbocycles. The Morgan fingerprint density at radius 3 is 2.67 bits per heavy atom. The highest BCUT2D eigenvalue weighted by Crippen LogP contribution is 2.25. The molecule has 0 amide bonds. The summed E-state index contributed by atoms with van der Waals surface area (Å²) in [6.07, 6.45) is 0. The maximum absolute atomic E-state index is 5.75. The van der Waals surface area contributed by atoms with Crippen LogP contribution in [0.4, 0.5) is 5.69 Å². The van der Waals surface area contributed by atoms with Crippen molar-refractivity contribution >= 4 is 17.0 Å². The number of hydrogen-bond acceptors (Lipinski definition) is 3. The molecule has 0 unspecified atom stereocenters. The molecule has 0 atom stereocenters. The molecule has 0 aliphatic carbocycles. The smallest absolute Gasteiger partial charge is 0.0523 e. The van der Waals surface area contributed by atoms with Crippen molar-refractivity contribution in [3.05, 3.63) is 51.7 Å². The lowest BCUT2D eigenvalue weighted by atomic mass is 10.1. The molecule has 3 heteroatoms. The molecule has 2 nitrogen and oxygen atoms in total. The summed E-state index contributed by atoms with van der Waals surface area (Å²) in [6.45, 7) is 6.85. The maximum atomic E-state index is 5.75. The van der Waals surface area contributed by atoms with Crippen molar-refractivity contribution in [2.24, 2.45) is 5.73 Å². The number of nitrogens with zero attached hydrogens (tertiary/aromatic N) is 1. The first-order valence-electron chi connectivity index (χ1n) is 6.26. The summed E-state index contributed by atoms with van der Waals surface area (Å²) in [7, 11) is 0. The topological polar surface area (TPSA) is 29.3 Å². The van der Waals surface area contributed by atoms with Gasteiger partial charge in [0.25, 0.3) is 0 Å². The fourth-order valence-corrected chi connectivity index (χ4v) is 2.83. The van der Waals surface area contributed by atoms with Crippen molar-refractivity contribution in [2.45, 2.75) is 20.4 Å². The van der Waals surface area contributed by atoms with Gasteiger partial charge in [-0.05, 0) is 42.5 Å². The molecule has 0 bridgehead atoms. The van der Waals surface area contributed by atoms with E-state index in [9.17, 15) is 0 Å². The monoisotopic (exact) mass is 260 g/mol. The van der Waals surface area contributed by atoms with E-state index in [2.05, 4.69) is 54.5 Å². The standard InChI is InChI=1S/C15H20N2S/c1-12-5-3-7-15(13(12)2)17(9-8-16)11-14-6-4-10-18-14/h3-7,10H,8-9,11,16H2,1-2H3. The minimum absolute atomic E-state index is 0.679. The van der Waals surface area contributed by atoms with Crippen LogP contribution in [0.15, 0.2) is 35.7 Å². The van der Waals surface area contributed by atoms with Crippen LogP contribution in [0.1, 0.15) is 16.0 Å². The van der Waals surface area contributed by atoms with Gasteiger partial charge in [0.1, 0.15) is 0 Å². The van der Waals surface area contributed by atoms with Gasteiger partial charge in [-0.15, -0.1) is 11.3 Å². The summed E-state index contributed by atoms with van der Waals surface area (Å²) in [4.78, 5) is 3.75. The van der Waals surface area contributed by atoms with Gasteiger partial charge in [-0.2, -0.15) is 0 Å². The SMILES string of the molecule is Cc1cccc(N(CCN)Cc2cccs2)c1C. The third-order valence-electron chi connectivity index (χ3n) is 3.24. The molecule has 2 aromatic rings. The molecule has 96 valence electrons. The highest BCUT2D eigenvalue weighted by atomic mass is 32.1. The van der Waals surface area contributed by atoms with Crippen LogP contribution >= 0.6 is 11.3 Å². The lowest BCUT2D eigenvalue weighted by molar-refractivity contribution is 0.794. The minimum Gasteiger partial charge on any atom is -0.365 e. The Morgan fingerprint density at radius 1 is 1.17 bits per heavy atom. The van der Waals surface area contributed by atoms with E-state index in [4.69, 9.17) is 5.73 Å². The molecular formula is C15H20N2S. The van der Waals surface area contributed by atoms with E-state index in [1.165, 1.54) is 21.7 Å². The van der Waals surface area contributed by atoms with E-state index >= 15 is 0 Å². The summed E-state index contributed by atoms with van der Waals surface area (Å²) in [6, 6.07) is 10.7. The van der Waals surface area contributed by atoms with E-state index in [0.29, 0.717) is 6.54 Å². The van der Waals surface area contributed by atoms with Crippen molar-refractivity contribution in [3.8, 4) is 0 Å². The van der Waals surface area contributed by atoms with Gasteiger partial charge >= 0.3 is 0 Å². The number of nitrogens with two attached hydrogens (primary N) is 1. The van der Waals surface area contributed by atoms with E-state index in [0.717, 1.165) is 13.1 Å². The van der Waals surface area contributed by atoms with E-state index in [1.807, 2.05) is 0 Å². The summed E-state index contributed by atoms with van der Waals surface area (Å²) < 4.78 is 0. The second-order valence-electron chi connectivity index (χ2n) is 4.51. The normalized spacial score (nSPS) is 10.6. The quantitative estimate of drug-likeness (QED) is 0.893. The Kier molecular flexibility index (Phi) is 4.39. The highest BCUT2D eigenvalue weighted by Gasteiger charge is 2.10. The van der Waals surface area contributed by atoms with Gasteiger partial charge in [0.2, 0.25) is 0 Å². The van der Waals surface area contributed by atoms with Gasteiger partial charge in [-0.25, -0.2) is 0 Å². The fourth-order valence-electron chi connectivity index (χ4n) is 2.11. The molecule has 0 aliphatic heterocycles. The van der Waals surface area contributed by atoms with Gasteiger partial charge in [0.15, 0.2) is 0 Å². The summed E-state index contributed by atoms with van der Waals surface area (Å²) in [5, 5.41) is 2.12. The van der Waals surface area contributed by atoms with Crippen molar-refractivity contribution in [1.82, 2.24) is 0 Å². The molecule has 0 spiro atoms. The van der Waals surface area contributed by atoms with E-state index in [-0.39, 0.29) is 0 Å². The maximum Gasteiger partial charge on any atom is 0.0523 e. The van der Waals surface area contributed by atoms with Crippen LogP contribution < -0.4 is 10.6 Å². The summed E-state index contributed by atoms with van der Waals surface area (Å²) in [5.74, 6) is 0. The first-order chi connectivity index (χ1) is 8.72. The zero-order valence-corrected chi connectivity index (χ0v) is 11.8. The van der Waals surface area contributed by atoms with Crippen LogP contribution in [0.2, 0.25) is 0 Å². The average molecular weight is 260 g/mol. The van der Waals surface area contributed by atoms with E-state index in [1.54, 1.807) is 11.3 Å². The predicted octanol–water partition coefficient (Wildman–Crippen LogP) is 3.33. The molecule has 0 saturated heterocycles. The minimum atomic E-state index is 0.679. The molecule has 2 rings (SSSR count). The molecule has 0 aliphatic rings. The van der Waals surface area contributed by atoms with Crippen molar-refractivity contribution in [3.63, 3.8) is 0 Å². The van der Waals surface area contributed by atoms with Crippen LogP contribution in [-0.4, -0.2) is 13.1 Å². The average Bonchev–Trinajstić information content (AvgIpc) is 2.85. The Hall–Kier alpha value is -1.32. The molecule has 1 aromatic heterocycles. The van der Waals surface area contributed by atoms with Gasteiger partial charge < -0.3 is 10.6 Å². The van der Waals surface area contributed by atoms with Crippen molar-refractivity contribution in [2.75, 3.05) is 18.0 Å². The lowest BCUT2D eigenvalue weighted by Crippen LogP contribution is -2.29. The van der Waals surface area contributed by atoms with Gasteiger partial charge in [-0.3, -0.25) is 0 Å². The zero-order chi connectivity index (χ0) is 13.0. The molecule has 2 N–H and O–H groups in total. The Bertz CT molecular complexity index is 491. The van der Waals surface area contributed by atoms with Crippen LogP contribution in [-0.2, 0) is 6.54 Å². The Balaban J connectivity index is 2.26. The zero-order valence-electron chi connectivity index (χ0n) is 11.0. The predicted molar refractivity (Wildman–Crippen MR) is 80.3 cm³/mol. The second kappa shape index (κ2) is 6.03. The largest absolute Gasteiger partial charge is 0.365 e. The fraction of sp³-hybridized carbons (Fsp3) is 0.333. The molecule has 18 heavy (non-hydrogen) atoms. The van der Waals surface area contributed by atoms with Gasteiger partial charge in [0.05, 0.1) is 6.54 Å². The first-order valence-corrected chi connectivity index (χ1v) is 7.14. The number of benzene rings is 1. The third kappa shape index (κ3) is 2.92. The van der Waals surface area contributed by atoms with Crippen molar-refractivity contribution in [1.29, 1.82) is 0 Å². The Labute approximate surface area is 113 Å². The molecule has 1 aromatic carbocycles. The van der Waals surface area contributed by atoms with Crippen LogP contribution in [0.3, 0.4) is 0 Å². The molecular weight excluding hydrogens is 240 g/mol. The first kappa shape index (κ1) is 13.1. The van der Waals surface area contributed by atoms with Crippen LogP contribution in [0, 0.1) is 13.8 Å². The lowest BCUT2D eigenvalue weighted by Gasteiger charge is -2.26. The Morgan fingerprint density at radius 2 is 2.00 bits per heavy atom. The van der Waals surface area contributed by atoms with Crippen molar-refractivity contribution < 1.29 is 0 Å².